The number of carbonyl (C=O) groups is 2. The number of hydrogen-bond donors (Lipinski definition) is 1. The summed E-state index contributed by atoms with van der Waals surface area (Å²) >= 11 is 1.32. The highest BCUT2D eigenvalue weighted by molar-refractivity contribution is 7.99. The molecule has 2 aromatic rings. The van der Waals surface area contributed by atoms with Crippen molar-refractivity contribution in [3.05, 3.63) is 54.1 Å². The van der Waals surface area contributed by atoms with Gasteiger partial charge in [-0.1, -0.05) is 24.3 Å². The van der Waals surface area contributed by atoms with Crippen LogP contribution in [0.5, 0.6) is 5.75 Å². The number of anilines is 1. The summed E-state index contributed by atoms with van der Waals surface area (Å²) in [5.74, 6) is -0.249. The standard InChI is InChI=1S/C19H18N2O4S/c1-14-5-4-6-15(11-14)24-13-19(23)25-12-18(22)21-16-7-2-3-8-17(16)26-10-9-20/h2-8,11H,10,12-13H2,1H3,(H,21,22). The third-order valence-corrected chi connectivity index (χ3v) is 4.10. The van der Waals surface area contributed by atoms with Crippen molar-refractivity contribution in [2.24, 2.45) is 0 Å². The molecule has 0 heterocycles. The van der Waals surface area contributed by atoms with Gasteiger partial charge in [0, 0.05) is 4.90 Å². The lowest BCUT2D eigenvalue weighted by atomic mass is 10.2. The largest absolute Gasteiger partial charge is 0.482 e. The van der Waals surface area contributed by atoms with Gasteiger partial charge in [-0.2, -0.15) is 5.26 Å². The summed E-state index contributed by atoms with van der Waals surface area (Å²) in [6.07, 6.45) is 0. The molecule has 0 spiro atoms. The number of thioether (sulfide) groups is 1. The SMILES string of the molecule is Cc1cccc(OCC(=O)OCC(=O)Nc2ccccc2SCC#N)c1. The van der Waals surface area contributed by atoms with Crippen molar-refractivity contribution in [2.75, 3.05) is 24.3 Å². The van der Waals surface area contributed by atoms with Crippen LogP contribution in [-0.2, 0) is 14.3 Å². The Kier molecular flexibility index (Phi) is 7.52. The van der Waals surface area contributed by atoms with Gasteiger partial charge in [0.1, 0.15) is 5.75 Å². The highest BCUT2D eigenvalue weighted by Gasteiger charge is 2.11. The van der Waals surface area contributed by atoms with Gasteiger partial charge in [-0.05, 0) is 36.8 Å². The Labute approximate surface area is 156 Å². The van der Waals surface area contributed by atoms with Crippen molar-refractivity contribution in [2.45, 2.75) is 11.8 Å². The van der Waals surface area contributed by atoms with Crippen LogP contribution in [0.3, 0.4) is 0 Å². The summed E-state index contributed by atoms with van der Waals surface area (Å²) in [4.78, 5) is 24.4. The molecule has 0 aromatic heterocycles. The van der Waals surface area contributed by atoms with Gasteiger partial charge in [0.2, 0.25) is 0 Å². The number of amides is 1. The number of esters is 1. The predicted octanol–water partition coefficient (Wildman–Crippen LogP) is 3.17. The average molecular weight is 370 g/mol. The van der Waals surface area contributed by atoms with Crippen LogP contribution in [0, 0.1) is 18.3 Å². The second kappa shape index (κ2) is 10.1. The number of ether oxygens (including phenoxy) is 2. The Morgan fingerprint density at radius 3 is 2.73 bits per heavy atom. The van der Waals surface area contributed by atoms with Crippen molar-refractivity contribution in [1.82, 2.24) is 0 Å². The number of rotatable bonds is 8. The molecule has 0 aliphatic heterocycles. The molecule has 2 aromatic carbocycles. The van der Waals surface area contributed by atoms with Crippen molar-refractivity contribution in [1.29, 1.82) is 5.26 Å². The van der Waals surface area contributed by atoms with Gasteiger partial charge in [-0.3, -0.25) is 4.79 Å². The maximum atomic E-state index is 12.0. The summed E-state index contributed by atoms with van der Waals surface area (Å²) in [6.45, 7) is 1.24. The van der Waals surface area contributed by atoms with E-state index < -0.39 is 18.5 Å². The molecule has 7 heteroatoms. The molecule has 1 amide bonds. The van der Waals surface area contributed by atoms with Crippen LogP contribution in [0.2, 0.25) is 0 Å². The van der Waals surface area contributed by atoms with Crippen LogP contribution < -0.4 is 10.1 Å². The Hall–Kier alpha value is -2.98. The van der Waals surface area contributed by atoms with E-state index in [2.05, 4.69) is 5.32 Å². The molecular weight excluding hydrogens is 352 g/mol. The monoisotopic (exact) mass is 370 g/mol. The van der Waals surface area contributed by atoms with Gasteiger partial charge in [0.05, 0.1) is 17.5 Å². The minimum absolute atomic E-state index is 0.272. The van der Waals surface area contributed by atoms with Crippen LogP contribution in [0.25, 0.3) is 0 Å². The molecule has 0 bridgehead atoms. The van der Waals surface area contributed by atoms with E-state index in [-0.39, 0.29) is 12.4 Å². The number of carbonyl (C=O) groups excluding carboxylic acids is 2. The third kappa shape index (κ3) is 6.49. The molecule has 0 atom stereocenters. The minimum atomic E-state index is -0.631. The van der Waals surface area contributed by atoms with Crippen LogP contribution in [0.4, 0.5) is 5.69 Å². The van der Waals surface area contributed by atoms with Crippen molar-refractivity contribution in [3.8, 4) is 11.8 Å². The van der Waals surface area contributed by atoms with E-state index in [1.54, 1.807) is 30.3 Å². The lowest BCUT2D eigenvalue weighted by molar-refractivity contribution is -0.149. The number of nitrogens with zero attached hydrogens (tertiary/aromatic N) is 1. The highest BCUT2D eigenvalue weighted by Crippen LogP contribution is 2.26. The fraction of sp³-hybridized carbons (Fsp3) is 0.211. The van der Waals surface area contributed by atoms with Crippen molar-refractivity contribution < 1.29 is 19.1 Å². The summed E-state index contributed by atoms with van der Waals surface area (Å²) in [7, 11) is 0. The molecule has 0 aliphatic rings. The second-order valence-electron chi connectivity index (χ2n) is 5.26. The Morgan fingerprint density at radius 1 is 1.15 bits per heavy atom. The fourth-order valence-corrected chi connectivity index (χ4v) is 2.70. The van der Waals surface area contributed by atoms with E-state index in [1.165, 1.54) is 11.8 Å². The third-order valence-electron chi connectivity index (χ3n) is 3.16. The first-order valence-corrected chi connectivity index (χ1v) is 8.81. The Balaban J connectivity index is 1.78. The van der Waals surface area contributed by atoms with E-state index in [0.717, 1.165) is 10.5 Å². The number of nitrogens with one attached hydrogen (secondary N) is 1. The molecule has 0 radical (unpaired) electrons. The molecule has 0 unspecified atom stereocenters. The van der Waals surface area contributed by atoms with Gasteiger partial charge in [0.15, 0.2) is 13.2 Å². The lowest BCUT2D eigenvalue weighted by Crippen LogP contribution is -2.23. The normalized spacial score (nSPS) is 9.85. The topological polar surface area (TPSA) is 88.4 Å². The van der Waals surface area contributed by atoms with Gasteiger partial charge in [-0.25, -0.2) is 4.79 Å². The molecule has 6 nitrogen and oxygen atoms in total. The summed E-state index contributed by atoms with van der Waals surface area (Å²) < 4.78 is 10.2. The molecule has 0 saturated heterocycles. The Morgan fingerprint density at radius 2 is 1.96 bits per heavy atom. The molecule has 0 fully saturated rings. The fourth-order valence-electron chi connectivity index (χ4n) is 2.03. The number of benzene rings is 2. The quantitative estimate of drug-likeness (QED) is 0.567. The van der Waals surface area contributed by atoms with Crippen LogP contribution >= 0.6 is 11.8 Å². The zero-order valence-electron chi connectivity index (χ0n) is 14.2. The Bertz CT molecular complexity index is 817. The van der Waals surface area contributed by atoms with Crippen molar-refractivity contribution in [3.63, 3.8) is 0 Å². The number of para-hydroxylation sites is 1. The molecule has 1 N–H and O–H groups in total. The zero-order chi connectivity index (χ0) is 18.8. The number of nitriles is 1. The van der Waals surface area contributed by atoms with Gasteiger partial charge >= 0.3 is 5.97 Å². The average Bonchev–Trinajstić information content (AvgIpc) is 2.64. The predicted molar refractivity (Wildman–Crippen MR) is 99.0 cm³/mol. The lowest BCUT2D eigenvalue weighted by Gasteiger charge is -2.10. The van der Waals surface area contributed by atoms with Crippen molar-refractivity contribution >= 4 is 29.3 Å². The molecule has 26 heavy (non-hydrogen) atoms. The summed E-state index contributed by atoms with van der Waals surface area (Å²) in [6, 6.07) is 16.4. The van der Waals surface area contributed by atoms with E-state index >= 15 is 0 Å². The second-order valence-corrected chi connectivity index (χ2v) is 6.27. The maximum absolute atomic E-state index is 12.0. The van der Waals surface area contributed by atoms with Crippen LogP contribution in [0.1, 0.15) is 5.56 Å². The smallest absolute Gasteiger partial charge is 0.344 e. The maximum Gasteiger partial charge on any atom is 0.344 e. The van der Waals surface area contributed by atoms with Gasteiger partial charge in [-0.15, -0.1) is 11.8 Å². The molecular formula is C19H18N2O4S. The minimum Gasteiger partial charge on any atom is -0.482 e. The molecule has 0 aliphatic carbocycles. The zero-order valence-corrected chi connectivity index (χ0v) is 15.0. The van der Waals surface area contributed by atoms with Crippen LogP contribution in [0.15, 0.2) is 53.4 Å². The summed E-state index contributed by atoms with van der Waals surface area (Å²) in [5.41, 5.74) is 1.59. The number of hydrogen-bond acceptors (Lipinski definition) is 6. The number of aryl methyl sites for hydroxylation is 1. The van der Waals surface area contributed by atoms with E-state index in [9.17, 15) is 9.59 Å². The first-order valence-electron chi connectivity index (χ1n) is 7.82. The van der Waals surface area contributed by atoms with E-state index in [1.807, 2.05) is 31.2 Å². The molecule has 0 saturated carbocycles. The van der Waals surface area contributed by atoms with Crippen LogP contribution in [-0.4, -0.2) is 30.8 Å². The van der Waals surface area contributed by atoms with Gasteiger partial charge < -0.3 is 14.8 Å². The van der Waals surface area contributed by atoms with E-state index in [0.29, 0.717) is 11.4 Å². The molecule has 134 valence electrons. The molecule has 2 rings (SSSR count). The summed E-state index contributed by atoms with van der Waals surface area (Å²) in [5, 5.41) is 11.3. The first-order chi connectivity index (χ1) is 12.6. The van der Waals surface area contributed by atoms with E-state index in [4.69, 9.17) is 14.7 Å². The first kappa shape index (κ1) is 19.3. The van der Waals surface area contributed by atoms with Gasteiger partial charge in [0.25, 0.3) is 5.91 Å². The highest BCUT2D eigenvalue weighted by atomic mass is 32.2.